The molecule has 20 nitrogen and oxygen atoms in total. The molecule has 2 fully saturated rings. The number of nitrogen functional groups attached to an aromatic ring is 2. The van der Waals surface area contributed by atoms with Gasteiger partial charge in [-0.05, 0) is 0 Å². The van der Waals surface area contributed by atoms with Gasteiger partial charge >= 0.3 is 6.80 Å². The van der Waals surface area contributed by atoms with Crippen LogP contribution >= 0.6 is 19.0 Å². The maximum atomic E-state index is 16.0. The average Bonchev–Trinajstić information content (AvgIpc) is 3.70. The number of nitrogens with one attached hydrogen (secondary N) is 1. The maximum Gasteiger partial charge on any atom is 0.388 e. The van der Waals surface area contributed by atoms with Crippen molar-refractivity contribution in [1.29, 1.82) is 0 Å². The van der Waals surface area contributed by atoms with Crippen molar-refractivity contribution < 1.29 is 42.1 Å². The fourth-order valence-corrected chi connectivity index (χ4v) is 6.28. The van der Waals surface area contributed by atoms with Crippen LogP contribution in [0.3, 0.4) is 0 Å². The average molecular weight is 634 g/mol. The van der Waals surface area contributed by atoms with Crippen molar-refractivity contribution in [3.05, 3.63) is 16.7 Å². The van der Waals surface area contributed by atoms with Crippen LogP contribution in [0.2, 0.25) is 0 Å². The molecule has 7 atom stereocenters. The number of aromatic nitrogens is 10. The van der Waals surface area contributed by atoms with Crippen LogP contribution in [0.1, 0.15) is 0 Å². The molecule has 4 aromatic heterocycles. The molecule has 0 saturated carbocycles. The Morgan fingerprint density at radius 3 is 2.62 bits per heavy atom. The van der Waals surface area contributed by atoms with E-state index in [-0.39, 0.29) is 34.1 Å². The van der Waals surface area contributed by atoms with Gasteiger partial charge in [-0.2, -0.15) is 14.3 Å². The first-order chi connectivity index (χ1) is 19.9. The van der Waals surface area contributed by atoms with Gasteiger partial charge in [0.05, 0.1) is 13.2 Å². The van der Waals surface area contributed by atoms with Gasteiger partial charge in [-0.15, -0.1) is 10.2 Å². The van der Waals surface area contributed by atoms with Crippen LogP contribution in [-0.4, -0.2) is 111 Å². The first kappa shape index (κ1) is 28.7. The molecule has 6 rings (SSSR count). The van der Waals surface area contributed by atoms with E-state index in [1.54, 1.807) is 0 Å². The van der Waals surface area contributed by atoms with Crippen LogP contribution < -0.4 is 17.0 Å². The number of aromatic amines is 1. The summed E-state index contributed by atoms with van der Waals surface area (Å²) >= 11 is 3.91. The summed E-state index contributed by atoms with van der Waals surface area (Å²) in [5.74, 6) is -3.15. The molecule has 6 heterocycles. The fraction of sp³-hybridized carbons (Fsp3) is 0.556. The predicted molar refractivity (Wildman–Crippen MR) is 136 cm³/mol. The molecule has 2 aliphatic heterocycles. The van der Waals surface area contributed by atoms with E-state index in [1.165, 1.54) is 0 Å². The van der Waals surface area contributed by atoms with Gasteiger partial charge in [-0.25, -0.2) is 23.3 Å². The standard InChI is InChI=1S/C18H21F2N12O8PS/c19-10-6(1-33)38-4-18(10,32-14-9(28-30-32)15(35)26-16(22)25-14)40-41(36,42)39-2-7-11(34)17(20,3-37-7)31-13-8(27-29-31)12(21)23-5-24-13/h5-7,10-11,33-34H,1-4H2,(H,36,42)(H2,21,23,24)(H3,22,25,26,35)/t6-,7-,10-,11-,17-,18?,41?/m1/s1. The molecule has 2 unspecified atom stereocenters. The van der Waals surface area contributed by atoms with E-state index in [9.17, 15) is 19.6 Å². The molecule has 0 spiro atoms. The van der Waals surface area contributed by atoms with Gasteiger partial charge in [0.25, 0.3) is 11.4 Å². The quantitative estimate of drug-likeness (QED) is 0.0881. The van der Waals surface area contributed by atoms with E-state index in [1.807, 2.05) is 0 Å². The van der Waals surface area contributed by atoms with Crippen molar-refractivity contribution in [2.45, 2.75) is 36.0 Å². The number of rotatable bonds is 8. The van der Waals surface area contributed by atoms with Crippen LogP contribution in [0.25, 0.3) is 22.3 Å². The number of fused-ring (bicyclic) bond motifs is 2. The zero-order valence-electron chi connectivity index (χ0n) is 20.9. The Bertz CT molecular complexity index is 1780. The summed E-state index contributed by atoms with van der Waals surface area (Å²) < 4.78 is 67.9. The summed E-state index contributed by atoms with van der Waals surface area (Å²) in [6.45, 7) is -7.75. The minimum absolute atomic E-state index is 0.0143. The van der Waals surface area contributed by atoms with Crippen molar-refractivity contribution in [3.63, 3.8) is 0 Å². The number of nitrogens with zero attached hydrogens (tertiary/aromatic N) is 9. The molecule has 226 valence electrons. The summed E-state index contributed by atoms with van der Waals surface area (Å²) in [4.78, 5) is 26.0. The Balaban J connectivity index is 1.25. The Morgan fingerprint density at radius 1 is 1.17 bits per heavy atom. The van der Waals surface area contributed by atoms with Gasteiger partial charge in [-0.3, -0.25) is 18.8 Å². The first-order valence-corrected chi connectivity index (χ1v) is 14.6. The van der Waals surface area contributed by atoms with Crippen LogP contribution in [0.5, 0.6) is 0 Å². The number of aliphatic hydroxyl groups excluding tert-OH is 2. The first-order valence-electron chi connectivity index (χ1n) is 11.9. The fourth-order valence-electron chi connectivity index (χ4n) is 4.64. The van der Waals surface area contributed by atoms with Crippen LogP contribution in [0.15, 0.2) is 11.1 Å². The number of halogens is 2. The highest BCUT2D eigenvalue weighted by Gasteiger charge is 2.59. The maximum absolute atomic E-state index is 16.0. The third kappa shape index (κ3) is 4.40. The molecule has 7 N–H and O–H groups in total. The number of aliphatic hydroxyl groups is 2. The van der Waals surface area contributed by atoms with Gasteiger partial charge in [0.2, 0.25) is 11.7 Å². The molecular weight excluding hydrogens is 613 g/mol. The largest absolute Gasteiger partial charge is 0.394 e. The van der Waals surface area contributed by atoms with Crippen molar-refractivity contribution in [3.8, 4) is 0 Å². The van der Waals surface area contributed by atoms with Crippen LogP contribution in [-0.2, 0) is 34.6 Å². The summed E-state index contributed by atoms with van der Waals surface area (Å²) in [6.07, 6.45) is -6.15. The van der Waals surface area contributed by atoms with E-state index in [2.05, 4.69) is 52.8 Å². The lowest BCUT2D eigenvalue weighted by molar-refractivity contribution is -0.0775. The molecule has 24 heteroatoms. The Labute approximate surface area is 236 Å². The van der Waals surface area contributed by atoms with E-state index in [0.717, 1.165) is 6.33 Å². The molecule has 0 aromatic carbocycles. The van der Waals surface area contributed by atoms with Crippen LogP contribution in [0, 0.1) is 0 Å². The minimum atomic E-state index is -4.68. The summed E-state index contributed by atoms with van der Waals surface area (Å²) in [6, 6.07) is 0. The lowest BCUT2D eigenvalue weighted by Crippen LogP contribution is -2.47. The molecule has 0 bridgehead atoms. The third-order valence-electron chi connectivity index (χ3n) is 6.73. The second-order valence-corrected chi connectivity index (χ2v) is 12.2. The smallest absolute Gasteiger partial charge is 0.388 e. The molecule has 4 aromatic rings. The minimum Gasteiger partial charge on any atom is -0.394 e. The number of hydrogen-bond donors (Lipinski definition) is 6. The Kier molecular flexibility index (Phi) is 6.88. The normalized spacial score (nSPS) is 31.3. The van der Waals surface area contributed by atoms with Crippen molar-refractivity contribution in [2.75, 3.05) is 37.9 Å². The topological polar surface area (TPSA) is 279 Å². The number of alkyl halides is 2. The molecule has 2 aliphatic rings. The molecule has 42 heavy (non-hydrogen) atoms. The van der Waals surface area contributed by atoms with Gasteiger partial charge in [0, 0.05) is 0 Å². The molecule has 0 aliphatic carbocycles. The van der Waals surface area contributed by atoms with E-state index >= 15 is 8.78 Å². The molecular formula is C18H21F2N12O8PS. The van der Waals surface area contributed by atoms with Gasteiger partial charge in [-0.1, -0.05) is 22.7 Å². The van der Waals surface area contributed by atoms with Gasteiger partial charge in [0.15, 0.2) is 34.3 Å². The van der Waals surface area contributed by atoms with Crippen molar-refractivity contribution in [2.24, 2.45) is 0 Å². The van der Waals surface area contributed by atoms with Gasteiger partial charge in [0.1, 0.15) is 37.9 Å². The van der Waals surface area contributed by atoms with Gasteiger partial charge < -0.3 is 31.2 Å². The lowest BCUT2D eigenvalue weighted by Gasteiger charge is -2.32. The number of hydrogen-bond acceptors (Lipinski definition) is 17. The van der Waals surface area contributed by atoms with E-state index < -0.39 is 74.8 Å². The SMILES string of the molecule is Nc1nc2c(nnn2C2(OP(=O)(S)OC[C@H]3OC[C@@](F)(n4nnc5c(N)ncnc54)[C@@H]3O)CO[C@H](CO)[C@H]2F)c(=O)[nH]1. The predicted octanol–water partition coefficient (Wildman–Crippen LogP) is -2.25. The van der Waals surface area contributed by atoms with Crippen molar-refractivity contribution >= 4 is 53.1 Å². The zero-order valence-corrected chi connectivity index (χ0v) is 22.7. The van der Waals surface area contributed by atoms with Crippen molar-refractivity contribution in [1.82, 2.24) is 49.9 Å². The lowest BCUT2D eigenvalue weighted by atomic mass is 10.1. The highest BCUT2D eigenvalue weighted by molar-refractivity contribution is 8.44. The molecule has 0 amide bonds. The summed E-state index contributed by atoms with van der Waals surface area (Å²) in [5.41, 5.74) is 7.16. The third-order valence-corrected chi connectivity index (χ3v) is 8.34. The number of anilines is 2. The molecule has 2 saturated heterocycles. The monoisotopic (exact) mass is 634 g/mol. The number of thiol groups is 1. The Morgan fingerprint density at radius 2 is 1.88 bits per heavy atom. The molecule has 0 radical (unpaired) electrons. The van der Waals surface area contributed by atoms with E-state index in [4.69, 9.17) is 30.0 Å². The zero-order chi connectivity index (χ0) is 30.0. The Hall–Kier alpha value is -3.44. The highest BCUT2D eigenvalue weighted by Crippen LogP contribution is 2.59. The highest BCUT2D eigenvalue weighted by atomic mass is 32.7. The number of nitrogens with two attached hydrogens (primary N) is 2. The summed E-state index contributed by atoms with van der Waals surface area (Å²) in [5, 5.41) is 35.1. The number of ether oxygens (including phenoxy) is 2. The second-order valence-electron chi connectivity index (χ2n) is 9.30. The number of H-pyrrole nitrogens is 1. The van der Waals surface area contributed by atoms with E-state index in [0.29, 0.717) is 9.36 Å². The van der Waals surface area contributed by atoms with Crippen LogP contribution in [0.4, 0.5) is 20.5 Å². The summed E-state index contributed by atoms with van der Waals surface area (Å²) in [7, 11) is 0. The second kappa shape index (κ2) is 10.1.